The van der Waals surface area contributed by atoms with Gasteiger partial charge in [0.05, 0.1) is 0 Å². The van der Waals surface area contributed by atoms with E-state index in [0.29, 0.717) is 27.4 Å². The number of carbonyl (C=O) groups excluding carboxylic acids is 1. The van der Waals surface area contributed by atoms with Crippen LogP contribution in [0.3, 0.4) is 0 Å². The van der Waals surface area contributed by atoms with Crippen molar-refractivity contribution in [1.29, 1.82) is 0 Å². The topological polar surface area (TPSA) is 76.7 Å². The van der Waals surface area contributed by atoms with Crippen LogP contribution in [0.2, 0.25) is 5.02 Å². The minimum Gasteiger partial charge on any atom is -0.508 e. The van der Waals surface area contributed by atoms with Crippen LogP contribution < -0.4 is 5.63 Å². The summed E-state index contributed by atoms with van der Waals surface area (Å²) in [5, 5.41) is 10.7. The molecule has 0 radical (unpaired) electrons. The molecular weight excluding hydrogens is 367 g/mol. The van der Waals surface area contributed by atoms with Gasteiger partial charge in [-0.3, -0.25) is 0 Å². The summed E-state index contributed by atoms with van der Waals surface area (Å²) in [6, 6.07) is 10.9. The molecule has 0 unspecified atom stereocenters. The monoisotopic (exact) mass is 378 g/mol. The SMILES string of the molecule is O=C(OCc1cc(Cl)ccc1O)c1cc2cc(CCl)ccc2oc1=O. The lowest BCUT2D eigenvalue weighted by Gasteiger charge is -2.07. The molecule has 128 valence electrons. The van der Waals surface area contributed by atoms with E-state index < -0.39 is 11.6 Å². The fourth-order valence-corrected chi connectivity index (χ4v) is 2.65. The van der Waals surface area contributed by atoms with Crippen molar-refractivity contribution in [3.8, 4) is 5.75 Å². The molecule has 1 aromatic heterocycles. The largest absolute Gasteiger partial charge is 0.508 e. The number of phenolic OH excluding ortho intramolecular Hbond substituents is 1. The Morgan fingerprint density at radius 1 is 1.16 bits per heavy atom. The maximum Gasteiger partial charge on any atom is 0.351 e. The third-order valence-corrected chi connectivity index (χ3v) is 4.11. The van der Waals surface area contributed by atoms with Crippen LogP contribution in [-0.4, -0.2) is 11.1 Å². The molecule has 1 N–H and O–H groups in total. The molecule has 0 aliphatic carbocycles. The maximum absolute atomic E-state index is 12.2. The number of hydrogen-bond acceptors (Lipinski definition) is 5. The molecule has 0 saturated carbocycles. The number of fused-ring (bicyclic) bond motifs is 1. The number of carbonyl (C=O) groups is 1. The molecule has 0 fully saturated rings. The first-order valence-electron chi connectivity index (χ1n) is 7.25. The normalized spacial score (nSPS) is 10.8. The van der Waals surface area contributed by atoms with Crippen molar-refractivity contribution >= 4 is 40.1 Å². The van der Waals surface area contributed by atoms with Crippen molar-refractivity contribution in [2.75, 3.05) is 0 Å². The maximum atomic E-state index is 12.2. The van der Waals surface area contributed by atoms with Crippen LogP contribution in [0.5, 0.6) is 5.75 Å². The lowest BCUT2D eigenvalue weighted by Crippen LogP contribution is -2.16. The molecule has 3 aromatic rings. The van der Waals surface area contributed by atoms with Gasteiger partial charge in [-0.1, -0.05) is 17.7 Å². The first-order valence-corrected chi connectivity index (χ1v) is 8.16. The molecule has 1 heterocycles. The van der Waals surface area contributed by atoms with Crippen LogP contribution in [0.15, 0.2) is 51.7 Å². The van der Waals surface area contributed by atoms with Gasteiger partial charge in [-0.2, -0.15) is 0 Å². The van der Waals surface area contributed by atoms with E-state index in [4.69, 9.17) is 32.4 Å². The second-order valence-electron chi connectivity index (χ2n) is 5.30. The number of rotatable bonds is 4. The highest BCUT2D eigenvalue weighted by atomic mass is 35.5. The third kappa shape index (κ3) is 3.78. The highest BCUT2D eigenvalue weighted by Crippen LogP contribution is 2.23. The number of ether oxygens (including phenoxy) is 1. The predicted molar refractivity (Wildman–Crippen MR) is 94.3 cm³/mol. The van der Waals surface area contributed by atoms with Crippen molar-refractivity contribution < 1.29 is 19.1 Å². The number of hydrogen-bond donors (Lipinski definition) is 1. The molecule has 0 amide bonds. The van der Waals surface area contributed by atoms with E-state index in [0.717, 1.165) is 5.56 Å². The van der Waals surface area contributed by atoms with E-state index in [1.54, 1.807) is 18.2 Å². The summed E-state index contributed by atoms with van der Waals surface area (Å²) >= 11 is 11.6. The molecule has 2 aromatic carbocycles. The number of aromatic hydroxyl groups is 1. The number of benzene rings is 2. The molecule has 25 heavy (non-hydrogen) atoms. The van der Waals surface area contributed by atoms with Gasteiger partial charge in [0.2, 0.25) is 0 Å². The van der Waals surface area contributed by atoms with Gasteiger partial charge in [-0.05, 0) is 42.0 Å². The van der Waals surface area contributed by atoms with Gasteiger partial charge in [-0.25, -0.2) is 9.59 Å². The second kappa shape index (κ2) is 7.17. The van der Waals surface area contributed by atoms with Gasteiger partial charge >= 0.3 is 11.6 Å². The summed E-state index contributed by atoms with van der Waals surface area (Å²) in [4.78, 5) is 24.2. The molecule has 0 saturated heterocycles. The van der Waals surface area contributed by atoms with Gasteiger partial charge in [0.25, 0.3) is 0 Å². The highest BCUT2D eigenvalue weighted by Gasteiger charge is 2.16. The van der Waals surface area contributed by atoms with Crippen molar-refractivity contribution in [3.05, 3.63) is 74.6 Å². The molecule has 0 aliphatic heterocycles. The highest BCUT2D eigenvalue weighted by molar-refractivity contribution is 6.30. The van der Waals surface area contributed by atoms with E-state index in [-0.39, 0.29) is 17.9 Å². The third-order valence-electron chi connectivity index (χ3n) is 3.57. The van der Waals surface area contributed by atoms with Crippen molar-refractivity contribution in [2.24, 2.45) is 0 Å². The van der Waals surface area contributed by atoms with E-state index in [1.165, 1.54) is 24.3 Å². The zero-order valence-electron chi connectivity index (χ0n) is 12.8. The minimum atomic E-state index is -0.855. The summed E-state index contributed by atoms with van der Waals surface area (Å²) < 4.78 is 10.2. The average molecular weight is 379 g/mol. The predicted octanol–water partition coefficient (Wildman–Crippen LogP) is 4.25. The van der Waals surface area contributed by atoms with Crippen LogP contribution in [0.25, 0.3) is 11.0 Å². The fraction of sp³-hybridized carbons (Fsp3) is 0.111. The van der Waals surface area contributed by atoms with E-state index >= 15 is 0 Å². The zero-order chi connectivity index (χ0) is 18.0. The lowest BCUT2D eigenvalue weighted by atomic mass is 10.1. The summed E-state index contributed by atoms with van der Waals surface area (Å²) in [7, 11) is 0. The van der Waals surface area contributed by atoms with Crippen LogP contribution in [0.1, 0.15) is 21.5 Å². The summed E-state index contributed by atoms with van der Waals surface area (Å²) in [6.45, 7) is -0.232. The lowest BCUT2D eigenvalue weighted by molar-refractivity contribution is 0.0466. The van der Waals surface area contributed by atoms with Gasteiger partial charge in [0.1, 0.15) is 23.5 Å². The van der Waals surface area contributed by atoms with Crippen molar-refractivity contribution in [1.82, 2.24) is 0 Å². The number of halogens is 2. The molecule has 0 bridgehead atoms. The van der Waals surface area contributed by atoms with Crippen molar-refractivity contribution in [3.63, 3.8) is 0 Å². The fourth-order valence-electron chi connectivity index (χ4n) is 2.29. The molecule has 0 spiro atoms. The average Bonchev–Trinajstić information content (AvgIpc) is 2.61. The Balaban J connectivity index is 1.87. The van der Waals surface area contributed by atoms with Crippen LogP contribution in [0.4, 0.5) is 0 Å². The van der Waals surface area contributed by atoms with Gasteiger partial charge in [0.15, 0.2) is 0 Å². The smallest absolute Gasteiger partial charge is 0.351 e. The summed E-state index contributed by atoms with van der Waals surface area (Å²) in [5.41, 5.74) is 0.469. The Kier molecular flexibility index (Phi) is 4.97. The Labute approximate surface area is 152 Å². The Hall–Kier alpha value is -2.50. The van der Waals surface area contributed by atoms with E-state index in [1.807, 2.05) is 0 Å². The number of phenols is 1. The number of alkyl halides is 1. The summed E-state index contributed by atoms with van der Waals surface area (Å²) in [6.07, 6.45) is 0. The van der Waals surface area contributed by atoms with Crippen LogP contribution in [-0.2, 0) is 17.2 Å². The molecule has 7 heteroatoms. The first kappa shape index (κ1) is 17.3. The molecule has 5 nitrogen and oxygen atoms in total. The second-order valence-corrected chi connectivity index (χ2v) is 6.01. The first-order chi connectivity index (χ1) is 12.0. The van der Waals surface area contributed by atoms with Gasteiger partial charge in [-0.15, -0.1) is 11.6 Å². The Bertz CT molecular complexity index is 1010. The Morgan fingerprint density at radius 3 is 2.72 bits per heavy atom. The molecule has 0 atom stereocenters. The van der Waals surface area contributed by atoms with Gasteiger partial charge in [0, 0.05) is 21.9 Å². The van der Waals surface area contributed by atoms with Crippen molar-refractivity contribution in [2.45, 2.75) is 12.5 Å². The minimum absolute atomic E-state index is 0.0606. The van der Waals surface area contributed by atoms with Crippen LogP contribution >= 0.6 is 23.2 Å². The molecular formula is C18H12Cl2O5. The quantitative estimate of drug-likeness (QED) is 0.417. The summed E-state index contributed by atoms with van der Waals surface area (Å²) in [5.74, 6) is -0.621. The Morgan fingerprint density at radius 2 is 1.96 bits per heavy atom. The zero-order valence-corrected chi connectivity index (χ0v) is 14.3. The van der Waals surface area contributed by atoms with Crippen LogP contribution in [0, 0.1) is 0 Å². The van der Waals surface area contributed by atoms with E-state index in [2.05, 4.69) is 0 Å². The molecule has 3 rings (SSSR count). The van der Waals surface area contributed by atoms with Gasteiger partial charge < -0.3 is 14.3 Å². The number of esters is 1. The molecule has 0 aliphatic rings. The standard InChI is InChI=1S/C18H12Cl2O5/c19-8-10-1-4-16-11(5-10)7-14(18(23)25-16)17(22)24-9-12-6-13(20)2-3-15(12)21/h1-7,21H,8-9H2. The van der Waals surface area contributed by atoms with E-state index in [9.17, 15) is 14.7 Å².